The topological polar surface area (TPSA) is 150 Å². The van der Waals surface area contributed by atoms with E-state index in [2.05, 4.69) is 15.3 Å². The lowest BCUT2D eigenvalue weighted by atomic mass is 10.1. The van der Waals surface area contributed by atoms with Crippen molar-refractivity contribution >= 4 is 55.1 Å². The summed E-state index contributed by atoms with van der Waals surface area (Å²) in [6.07, 6.45) is 3.24. The van der Waals surface area contributed by atoms with Crippen LogP contribution >= 0.6 is 0 Å². The fourth-order valence-electron chi connectivity index (χ4n) is 5.15. The van der Waals surface area contributed by atoms with Gasteiger partial charge in [-0.05, 0) is 76.4 Å². The Hall–Kier alpha value is -4.19. The van der Waals surface area contributed by atoms with Gasteiger partial charge in [0.25, 0.3) is 5.91 Å². The zero-order valence-electron chi connectivity index (χ0n) is 23.8. The highest BCUT2D eigenvalue weighted by Gasteiger charge is 2.35. The number of pyridine rings is 1. The van der Waals surface area contributed by atoms with Crippen molar-refractivity contribution in [1.29, 1.82) is 0 Å². The molecule has 3 heterocycles. The normalized spacial score (nSPS) is 14.9. The number of aromatic nitrogens is 3. The first-order valence-electron chi connectivity index (χ1n) is 13.4. The Morgan fingerprint density at radius 1 is 1.10 bits per heavy atom. The van der Waals surface area contributed by atoms with Gasteiger partial charge in [-0.25, -0.2) is 18.2 Å². The molecule has 5 rings (SSSR count). The zero-order valence-corrected chi connectivity index (χ0v) is 24.6. The van der Waals surface area contributed by atoms with Gasteiger partial charge in [0.15, 0.2) is 9.84 Å². The van der Waals surface area contributed by atoms with E-state index in [1.54, 1.807) is 51.1 Å². The summed E-state index contributed by atoms with van der Waals surface area (Å²) in [6.45, 7) is 7.73. The molecule has 2 aromatic heterocycles. The summed E-state index contributed by atoms with van der Waals surface area (Å²) in [5.74, 6) is -0.691. The summed E-state index contributed by atoms with van der Waals surface area (Å²) in [6, 6.07) is 8.75. The molecule has 2 aromatic carbocycles. The van der Waals surface area contributed by atoms with Crippen LogP contribution in [-0.4, -0.2) is 63.8 Å². The molecule has 11 nitrogen and oxygen atoms in total. The number of sulfone groups is 1. The van der Waals surface area contributed by atoms with Crippen molar-refractivity contribution in [3.05, 3.63) is 54.0 Å². The van der Waals surface area contributed by atoms with Crippen LogP contribution in [0.15, 0.2) is 47.8 Å². The molecule has 0 spiro atoms. The van der Waals surface area contributed by atoms with Crippen LogP contribution in [0.5, 0.6) is 0 Å². The number of nitrogens with two attached hydrogens (primary N) is 1. The maximum Gasteiger partial charge on any atom is 0.410 e. The highest BCUT2D eigenvalue weighted by molar-refractivity contribution is 7.92. The number of likely N-dealkylation sites (tertiary alicyclic amines) is 1. The van der Waals surface area contributed by atoms with Crippen LogP contribution in [0.25, 0.3) is 21.9 Å². The number of nitrogens with zero attached hydrogens (tertiary/aromatic N) is 4. The van der Waals surface area contributed by atoms with E-state index in [1.165, 1.54) is 6.20 Å². The lowest BCUT2D eigenvalue weighted by molar-refractivity contribution is 0.0217. The molecule has 0 atom stereocenters. The predicted molar refractivity (Wildman–Crippen MR) is 157 cm³/mol. The van der Waals surface area contributed by atoms with Gasteiger partial charge in [-0.3, -0.25) is 9.78 Å². The Kier molecular flexibility index (Phi) is 7.14. The van der Waals surface area contributed by atoms with Crippen LogP contribution < -0.4 is 11.1 Å². The standard InChI is InChI=1S/C29H34N6O5S/c1-17-12-20(41(38,39)19-8-10-35(11-9-19)28(37)40-29(2,3)4)14-21-25(17)31-15-22(27(30)36)26(21)33-18-6-7-23-24(13-18)34(5)16-32-23/h6-7,12-16,19H,8-11H2,1-5H3,(H2,30,36)(H,31,33). The molecule has 1 saturated heterocycles. The zero-order chi connectivity index (χ0) is 29.7. The molecule has 0 saturated carbocycles. The van der Waals surface area contributed by atoms with E-state index in [9.17, 15) is 18.0 Å². The number of benzene rings is 2. The predicted octanol–water partition coefficient (Wildman–Crippen LogP) is 4.45. The smallest absolute Gasteiger partial charge is 0.410 e. The average molecular weight is 579 g/mol. The summed E-state index contributed by atoms with van der Waals surface area (Å²) in [4.78, 5) is 35.4. The molecule has 41 heavy (non-hydrogen) atoms. The molecular formula is C29H34N6O5S. The van der Waals surface area contributed by atoms with Gasteiger partial charge in [0, 0.05) is 37.4 Å². The molecule has 216 valence electrons. The lowest BCUT2D eigenvalue weighted by Gasteiger charge is -2.33. The van der Waals surface area contributed by atoms with Crippen molar-refractivity contribution in [2.45, 2.75) is 56.3 Å². The number of carbonyl (C=O) groups excluding carboxylic acids is 2. The van der Waals surface area contributed by atoms with E-state index in [-0.39, 0.29) is 36.4 Å². The van der Waals surface area contributed by atoms with Crippen molar-refractivity contribution in [3.8, 4) is 0 Å². The molecule has 0 aliphatic carbocycles. The number of ether oxygens (including phenoxy) is 1. The number of piperidine rings is 1. The van der Waals surface area contributed by atoms with Crippen molar-refractivity contribution in [3.63, 3.8) is 0 Å². The van der Waals surface area contributed by atoms with Crippen LogP contribution in [-0.2, 0) is 21.6 Å². The third-order valence-corrected chi connectivity index (χ3v) is 9.50. The second-order valence-corrected chi connectivity index (χ2v) is 13.7. The van der Waals surface area contributed by atoms with E-state index < -0.39 is 32.7 Å². The molecule has 2 amide bonds. The number of carbonyl (C=O) groups is 2. The first-order valence-corrected chi connectivity index (χ1v) is 14.9. The van der Waals surface area contributed by atoms with Gasteiger partial charge in [0.2, 0.25) is 0 Å². The minimum Gasteiger partial charge on any atom is -0.444 e. The van der Waals surface area contributed by atoms with Crippen molar-refractivity contribution in [2.75, 3.05) is 18.4 Å². The molecule has 0 radical (unpaired) electrons. The van der Waals surface area contributed by atoms with Crippen molar-refractivity contribution in [1.82, 2.24) is 19.4 Å². The maximum atomic E-state index is 13.9. The molecule has 1 fully saturated rings. The van der Waals surface area contributed by atoms with Crippen LogP contribution in [0.1, 0.15) is 49.5 Å². The fourth-order valence-corrected chi connectivity index (χ4v) is 6.99. The third-order valence-electron chi connectivity index (χ3n) is 7.26. The number of primary amides is 1. The van der Waals surface area contributed by atoms with Crippen molar-refractivity contribution in [2.24, 2.45) is 12.8 Å². The van der Waals surface area contributed by atoms with E-state index in [1.807, 2.05) is 29.8 Å². The number of aryl methyl sites for hydroxylation is 2. The molecule has 4 aromatic rings. The quantitative estimate of drug-likeness (QED) is 0.353. The van der Waals surface area contributed by atoms with Crippen molar-refractivity contribution < 1.29 is 22.7 Å². The number of rotatable bonds is 5. The van der Waals surface area contributed by atoms with Crippen LogP contribution in [0.4, 0.5) is 16.2 Å². The monoisotopic (exact) mass is 578 g/mol. The Morgan fingerprint density at radius 3 is 2.46 bits per heavy atom. The number of fused-ring (bicyclic) bond motifs is 2. The molecule has 0 unspecified atom stereocenters. The largest absolute Gasteiger partial charge is 0.444 e. The molecule has 0 bridgehead atoms. The maximum absolute atomic E-state index is 13.9. The summed E-state index contributed by atoms with van der Waals surface area (Å²) < 4.78 is 35.0. The van der Waals surface area contributed by atoms with Gasteiger partial charge in [-0.1, -0.05) is 0 Å². The Labute approximate surface area is 238 Å². The summed E-state index contributed by atoms with van der Waals surface area (Å²) in [5, 5.41) is 3.09. The SMILES string of the molecule is Cc1cc(S(=O)(=O)C2CCN(C(=O)OC(C)(C)C)CC2)cc2c(Nc3ccc4ncn(C)c4c3)c(C(N)=O)cnc12. The second-order valence-electron chi connectivity index (χ2n) is 11.4. The number of amides is 2. The average Bonchev–Trinajstić information content (AvgIpc) is 3.27. The molecule has 1 aliphatic heterocycles. The number of hydrogen-bond acceptors (Lipinski definition) is 8. The van der Waals surface area contributed by atoms with Gasteiger partial charge >= 0.3 is 6.09 Å². The molecule has 1 aliphatic rings. The van der Waals surface area contributed by atoms with E-state index >= 15 is 0 Å². The minimum atomic E-state index is -3.77. The first-order chi connectivity index (χ1) is 19.2. The fraction of sp³-hybridized carbons (Fsp3) is 0.379. The summed E-state index contributed by atoms with van der Waals surface area (Å²) >= 11 is 0. The molecule has 12 heteroatoms. The number of anilines is 2. The molecular weight excluding hydrogens is 544 g/mol. The van der Waals surface area contributed by atoms with Gasteiger partial charge in [0.05, 0.1) is 44.3 Å². The minimum absolute atomic E-state index is 0.131. The summed E-state index contributed by atoms with van der Waals surface area (Å²) in [7, 11) is -1.89. The van der Waals surface area contributed by atoms with Gasteiger partial charge < -0.3 is 25.3 Å². The Balaban J connectivity index is 1.51. The van der Waals surface area contributed by atoms with E-state index in [4.69, 9.17) is 10.5 Å². The Morgan fingerprint density at radius 2 is 1.80 bits per heavy atom. The van der Waals surface area contributed by atoms with Crippen LogP contribution in [0.2, 0.25) is 0 Å². The number of imidazole rings is 1. The van der Waals surface area contributed by atoms with E-state index in [0.29, 0.717) is 27.8 Å². The highest BCUT2D eigenvalue weighted by atomic mass is 32.2. The summed E-state index contributed by atoms with van der Waals surface area (Å²) in [5.41, 5.74) is 9.18. The highest BCUT2D eigenvalue weighted by Crippen LogP contribution is 2.35. The number of hydrogen-bond donors (Lipinski definition) is 2. The van der Waals surface area contributed by atoms with Gasteiger partial charge in [-0.15, -0.1) is 0 Å². The first kappa shape index (κ1) is 28.3. The number of nitrogens with one attached hydrogen (secondary N) is 1. The Bertz CT molecular complexity index is 1780. The van der Waals surface area contributed by atoms with Crippen LogP contribution in [0.3, 0.4) is 0 Å². The van der Waals surface area contributed by atoms with Gasteiger partial charge in [0.1, 0.15) is 5.60 Å². The van der Waals surface area contributed by atoms with Gasteiger partial charge in [-0.2, -0.15) is 0 Å². The molecule has 3 N–H and O–H groups in total. The second kappa shape index (κ2) is 10.3. The lowest BCUT2D eigenvalue weighted by Crippen LogP contribution is -2.44. The third kappa shape index (κ3) is 5.56. The van der Waals surface area contributed by atoms with E-state index in [0.717, 1.165) is 11.0 Å². The van der Waals surface area contributed by atoms with Crippen LogP contribution in [0, 0.1) is 6.92 Å².